The highest BCUT2D eigenvalue weighted by Crippen LogP contribution is 2.29. The number of nitrogens with one attached hydrogen (secondary N) is 1. The summed E-state index contributed by atoms with van der Waals surface area (Å²) in [4.78, 5) is 11.7. The molecule has 1 aliphatic rings. The first kappa shape index (κ1) is 15.6. The van der Waals surface area contributed by atoms with Crippen LogP contribution in [0.1, 0.15) is 48.0 Å². The zero-order chi connectivity index (χ0) is 15.5. The smallest absolute Gasteiger partial charge is 0.340 e. The highest BCUT2D eigenvalue weighted by Gasteiger charge is 2.28. The van der Waals surface area contributed by atoms with Crippen LogP contribution in [0, 0.1) is 6.92 Å². The molecular formula is C16H24N2O3. The van der Waals surface area contributed by atoms with Gasteiger partial charge >= 0.3 is 5.97 Å². The van der Waals surface area contributed by atoms with Crippen molar-refractivity contribution in [1.82, 2.24) is 0 Å². The van der Waals surface area contributed by atoms with E-state index < -0.39 is 11.6 Å². The lowest BCUT2D eigenvalue weighted by molar-refractivity contribution is 0.0167. The number of aliphatic hydroxyl groups is 1. The van der Waals surface area contributed by atoms with Gasteiger partial charge in [-0.3, -0.25) is 0 Å². The number of esters is 1. The number of nitrogens with two attached hydrogens (primary N) is 1. The third-order valence-corrected chi connectivity index (χ3v) is 4.20. The number of methoxy groups -OCH3 is 1. The Morgan fingerprint density at radius 2 is 2.05 bits per heavy atom. The molecule has 0 bridgehead atoms. The average molecular weight is 292 g/mol. The van der Waals surface area contributed by atoms with Crippen molar-refractivity contribution in [3.8, 4) is 0 Å². The first-order valence-corrected chi connectivity index (χ1v) is 7.40. The summed E-state index contributed by atoms with van der Waals surface area (Å²) in [6.07, 6.45) is 4.95. The molecule has 1 fully saturated rings. The molecule has 4 N–H and O–H groups in total. The summed E-state index contributed by atoms with van der Waals surface area (Å²) in [7, 11) is 1.34. The van der Waals surface area contributed by atoms with Crippen molar-refractivity contribution >= 4 is 17.3 Å². The molecule has 0 saturated heterocycles. The molecule has 0 atom stereocenters. The lowest BCUT2D eigenvalue weighted by atomic mass is 9.85. The molecule has 0 unspecified atom stereocenters. The summed E-state index contributed by atoms with van der Waals surface area (Å²) in [6.45, 7) is 2.33. The number of benzene rings is 1. The van der Waals surface area contributed by atoms with Gasteiger partial charge in [0.05, 0.1) is 18.3 Å². The van der Waals surface area contributed by atoms with Crippen molar-refractivity contribution in [1.29, 1.82) is 0 Å². The molecule has 0 radical (unpaired) electrons. The highest BCUT2D eigenvalue weighted by molar-refractivity contribution is 5.97. The summed E-state index contributed by atoms with van der Waals surface area (Å²) >= 11 is 0. The number of anilines is 2. The normalized spacial score (nSPS) is 17.3. The van der Waals surface area contributed by atoms with Crippen LogP contribution in [0.3, 0.4) is 0 Å². The van der Waals surface area contributed by atoms with Gasteiger partial charge in [0.15, 0.2) is 0 Å². The Balaban J connectivity index is 2.13. The average Bonchev–Trinajstić information content (AvgIpc) is 2.48. The maximum Gasteiger partial charge on any atom is 0.340 e. The van der Waals surface area contributed by atoms with E-state index in [-0.39, 0.29) is 0 Å². The van der Waals surface area contributed by atoms with Crippen LogP contribution in [-0.4, -0.2) is 30.3 Å². The zero-order valence-corrected chi connectivity index (χ0v) is 12.7. The van der Waals surface area contributed by atoms with E-state index in [0.29, 0.717) is 17.8 Å². The number of hydrogen-bond donors (Lipinski definition) is 3. The summed E-state index contributed by atoms with van der Waals surface area (Å²) in [6, 6.07) is 3.56. The van der Waals surface area contributed by atoms with Crippen molar-refractivity contribution in [2.45, 2.75) is 44.6 Å². The number of carbonyl (C=O) groups is 1. The lowest BCUT2D eigenvalue weighted by Crippen LogP contribution is -2.38. The number of hydrogen-bond acceptors (Lipinski definition) is 5. The standard InChI is InChI=1S/C16H24N2O3/c1-11-8-12(9-13(14(11)17)15(19)21-2)18-10-16(20)6-4-3-5-7-16/h8-9,18,20H,3-7,10,17H2,1-2H3. The number of aryl methyl sites for hydroxylation is 1. The fourth-order valence-corrected chi connectivity index (χ4v) is 2.83. The molecule has 1 aromatic rings. The molecule has 0 aliphatic heterocycles. The Morgan fingerprint density at radius 3 is 2.67 bits per heavy atom. The monoisotopic (exact) mass is 292 g/mol. The van der Waals surface area contributed by atoms with Crippen molar-refractivity contribution in [2.75, 3.05) is 24.7 Å². The first-order chi connectivity index (χ1) is 9.95. The van der Waals surface area contributed by atoms with E-state index in [2.05, 4.69) is 5.32 Å². The van der Waals surface area contributed by atoms with Crippen LogP contribution in [0.4, 0.5) is 11.4 Å². The second kappa shape index (κ2) is 6.35. The minimum atomic E-state index is -0.654. The molecule has 1 aromatic carbocycles. The topological polar surface area (TPSA) is 84.6 Å². The largest absolute Gasteiger partial charge is 0.465 e. The minimum Gasteiger partial charge on any atom is -0.465 e. The Labute approximate surface area is 125 Å². The van der Waals surface area contributed by atoms with Gasteiger partial charge in [-0.15, -0.1) is 0 Å². The van der Waals surface area contributed by atoms with E-state index in [1.54, 1.807) is 6.07 Å². The Kier molecular flexibility index (Phi) is 4.73. The molecule has 0 aromatic heterocycles. The summed E-state index contributed by atoms with van der Waals surface area (Å²) in [5, 5.41) is 13.7. The van der Waals surface area contributed by atoms with Crippen molar-refractivity contribution in [3.05, 3.63) is 23.3 Å². The summed E-state index contributed by atoms with van der Waals surface area (Å²) < 4.78 is 4.75. The number of rotatable bonds is 4. The molecule has 0 amide bonds. The molecule has 0 heterocycles. The highest BCUT2D eigenvalue weighted by atomic mass is 16.5. The van der Waals surface area contributed by atoms with Gasteiger partial charge < -0.3 is 20.9 Å². The van der Waals surface area contributed by atoms with E-state index in [4.69, 9.17) is 10.5 Å². The number of ether oxygens (including phenoxy) is 1. The molecular weight excluding hydrogens is 268 g/mol. The Morgan fingerprint density at radius 1 is 1.38 bits per heavy atom. The third kappa shape index (κ3) is 3.67. The molecule has 21 heavy (non-hydrogen) atoms. The van der Waals surface area contributed by atoms with Crippen LogP contribution in [0.15, 0.2) is 12.1 Å². The number of carbonyl (C=O) groups excluding carboxylic acids is 1. The van der Waals surface area contributed by atoms with Crippen molar-refractivity contribution in [2.24, 2.45) is 0 Å². The predicted octanol–water partition coefficient (Wildman–Crippen LogP) is 2.47. The second-order valence-electron chi connectivity index (χ2n) is 5.88. The molecule has 2 rings (SSSR count). The minimum absolute atomic E-state index is 0.357. The molecule has 5 heteroatoms. The van der Waals surface area contributed by atoms with Gasteiger partial charge in [-0.25, -0.2) is 4.79 Å². The second-order valence-corrected chi connectivity index (χ2v) is 5.88. The van der Waals surface area contributed by atoms with E-state index in [9.17, 15) is 9.90 Å². The first-order valence-electron chi connectivity index (χ1n) is 7.40. The SMILES string of the molecule is COC(=O)c1cc(NCC2(O)CCCCC2)cc(C)c1N. The van der Waals surface area contributed by atoms with Gasteiger partial charge in [0.25, 0.3) is 0 Å². The predicted molar refractivity (Wildman–Crippen MR) is 83.5 cm³/mol. The number of nitrogen functional groups attached to an aromatic ring is 1. The van der Waals surface area contributed by atoms with Gasteiger partial charge in [-0.1, -0.05) is 19.3 Å². The van der Waals surface area contributed by atoms with E-state index >= 15 is 0 Å². The van der Waals surface area contributed by atoms with E-state index in [1.165, 1.54) is 13.5 Å². The Bertz CT molecular complexity index is 522. The molecule has 0 spiro atoms. The summed E-state index contributed by atoms with van der Waals surface area (Å²) in [5.74, 6) is -0.448. The maximum atomic E-state index is 11.7. The van der Waals surface area contributed by atoms with E-state index in [1.807, 2.05) is 13.0 Å². The van der Waals surface area contributed by atoms with E-state index in [0.717, 1.165) is 36.9 Å². The van der Waals surface area contributed by atoms with Crippen LogP contribution in [0.2, 0.25) is 0 Å². The van der Waals surface area contributed by atoms with Gasteiger partial charge in [-0.2, -0.15) is 0 Å². The van der Waals surface area contributed by atoms with Gasteiger partial charge in [0.2, 0.25) is 0 Å². The molecule has 1 aliphatic carbocycles. The molecule has 1 saturated carbocycles. The van der Waals surface area contributed by atoms with Crippen LogP contribution in [0.25, 0.3) is 0 Å². The maximum absolute atomic E-state index is 11.7. The lowest BCUT2D eigenvalue weighted by Gasteiger charge is -2.32. The fourth-order valence-electron chi connectivity index (χ4n) is 2.83. The van der Waals surface area contributed by atoms with Crippen LogP contribution < -0.4 is 11.1 Å². The van der Waals surface area contributed by atoms with Gasteiger partial charge in [0.1, 0.15) is 0 Å². The van der Waals surface area contributed by atoms with Crippen molar-refractivity contribution in [3.63, 3.8) is 0 Å². The molecule has 5 nitrogen and oxygen atoms in total. The Hall–Kier alpha value is -1.75. The van der Waals surface area contributed by atoms with Crippen LogP contribution in [0.5, 0.6) is 0 Å². The molecule has 116 valence electrons. The van der Waals surface area contributed by atoms with Gasteiger partial charge in [0, 0.05) is 17.9 Å². The quantitative estimate of drug-likeness (QED) is 0.586. The zero-order valence-electron chi connectivity index (χ0n) is 12.7. The third-order valence-electron chi connectivity index (χ3n) is 4.20. The summed E-state index contributed by atoms with van der Waals surface area (Å²) in [5.41, 5.74) is 7.65. The van der Waals surface area contributed by atoms with Crippen molar-refractivity contribution < 1.29 is 14.6 Å². The fraction of sp³-hybridized carbons (Fsp3) is 0.562. The van der Waals surface area contributed by atoms with Gasteiger partial charge in [-0.05, 0) is 37.5 Å². The van der Waals surface area contributed by atoms with Crippen LogP contribution in [-0.2, 0) is 4.74 Å². The van der Waals surface area contributed by atoms with Crippen LogP contribution >= 0.6 is 0 Å².